The summed E-state index contributed by atoms with van der Waals surface area (Å²) in [5, 5.41) is 10.5. The lowest BCUT2D eigenvalue weighted by atomic mass is 9.97. The highest BCUT2D eigenvalue weighted by atomic mass is 16.5. The average molecular weight is 303 g/mol. The predicted octanol–water partition coefficient (Wildman–Crippen LogP) is 2.88. The van der Waals surface area contributed by atoms with Crippen molar-refractivity contribution in [2.45, 2.75) is 63.1 Å². The molecule has 4 nitrogen and oxygen atoms in total. The molecule has 0 aliphatic heterocycles. The zero-order chi connectivity index (χ0) is 15.6. The van der Waals surface area contributed by atoms with E-state index in [2.05, 4.69) is 0 Å². The van der Waals surface area contributed by atoms with Crippen LogP contribution in [0.2, 0.25) is 0 Å². The molecule has 3 rings (SSSR count). The van der Waals surface area contributed by atoms with Crippen molar-refractivity contribution in [3.05, 3.63) is 29.8 Å². The van der Waals surface area contributed by atoms with Gasteiger partial charge in [-0.05, 0) is 43.4 Å². The summed E-state index contributed by atoms with van der Waals surface area (Å²) in [6, 6.07) is 8.22. The van der Waals surface area contributed by atoms with Gasteiger partial charge in [0.25, 0.3) is 0 Å². The molecule has 1 aromatic rings. The summed E-state index contributed by atoms with van der Waals surface area (Å²) < 4.78 is 5.17. The Hall–Kier alpha value is -1.55. The minimum Gasteiger partial charge on any atom is -0.497 e. The van der Waals surface area contributed by atoms with Gasteiger partial charge >= 0.3 is 0 Å². The molecule has 0 radical (unpaired) electrons. The maximum Gasteiger partial charge on any atom is 0.226 e. The molecule has 1 amide bonds. The third-order valence-corrected chi connectivity index (χ3v) is 4.83. The number of methoxy groups -OCH3 is 1. The topological polar surface area (TPSA) is 49.8 Å². The molecular weight excluding hydrogens is 278 g/mol. The Balaban J connectivity index is 1.65. The minimum absolute atomic E-state index is 0.0997. The van der Waals surface area contributed by atoms with Gasteiger partial charge in [-0.2, -0.15) is 0 Å². The van der Waals surface area contributed by atoms with Gasteiger partial charge in [-0.1, -0.05) is 25.0 Å². The molecule has 22 heavy (non-hydrogen) atoms. The fourth-order valence-corrected chi connectivity index (χ4v) is 3.33. The number of rotatable bonds is 6. The summed E-state index contributed by atoms with van der Waals surface area (Å²) in [7, 11) is 1.65. The number of hydrogen-bond acceptors (Lipinski definition) is 3. The summed E-state index contributed by atoms with van der Waals surface area (Å²) in [5.41, 5.74) is 0.351. The first-order valence-electron chi connectivity index (χ1n) is 8.24. The Labute approximate surface area is 132 Å². The maximum atomic E-state index is 12.7. The molecule has 120 valence electrons. The van der Waals surface area contributed by atoms with Gasteiger partial charge in [0.1, 0.15) is 5.75 Å². The molecule has 2 aliphatic rings. The normalized spacial score (nSPS) is 19.9. The van der Waals surface area contributed by atoms with Crippen molar-refractivity contribution in [1.82, 2.24) is 4.90 Å². The van der Waals surface area contributed by atoms with Crippen molar-refractivity contribution < 1.29 is 14.6 Å². The predicted molar refractivity (Wildman–Crippen MR) is 84.6 cm³/mol. The van der Waals surface area contributed by atoms with Crippen LogP contribution in [0.15, 0.2) is 24.3 Å². The highest BCUT2D eigenvalue weighted by molar-refractivity contribution is 5.78. The van der Waals surface area contributed by atoms with E-state index in [0.29, 0.717) is 12.6 Å². The third-order valence-electron chi connectivity index (χ3n) is 4.83. The van der Waals surface area contributed by atoms with Gasteiger partial charge < -0.3 is 14.7 Å². The molecule has 4 heteroatoms. The number of ether oxygens (including phenoxy) is 1. The van der Waals surface area contributed by atoms with E-state index in [1.165, 1.54) is 0 Å². The number of nitrogens with zero attached hydrogens (tertiary/aromatic N) is 1. The fourth-order valence-electron chi connectivity index (χ4n) is 3.33. The minimum atomic E-state index is -0.760. The zero-order valence-corrected chi connectivity index (χ0v) is 13.3. The highest BCUT2D eigenvalue weighted by Gasteiger charge is 2.38. The average Bonchev–Trinajstić information content (AvgIpc) is 3.27. The number of hydrogen-bond donors (Lipinski definition) is 1. The molecule has 1 N–H and O–H groups in total. The fraction of sp³-hybridized carbons (Fsp3) is 0.611. The van der Waals surface area contributed by atoms with E-state index in [9.17, 15) is 9.90 Å². The monoisotopic (exact) mass is 303 g/mol. The molecule has 0 spiro atoms. The molecular formula is C18H25NO3. The van der Waals surface area contributed by atoms with Gasteiger partial charge in [-0.3, -0.25) is 4.79 Å². The zero-order valence-electron chi connectivity index (χ0n) is 13.3. The van der Waals surface area contributed by atoms with E-state index in [1.54, 1.807) is 7.11 Å². The highest BCUT2D eigenvalue weighted by Crippen LogP contribution is 2.35. The third kappa shape index (κ3) is 3.61. The van der Waals surface area contributed by atoms with Crippen LogP contribution in [0.4, 0.5) is 0 Å². The second-order valence-electron chi connectivity index (χ2n) is 6.71. The van der Waals surface area contributed by atoms with Crippen LogP contribution in [0.5, 0.6) is 5.75 Å². The molecule has 2 fully saturated rings. The van der Waals surface area contributed by atoms with Crippen molar-refractivity contribution in [2.75, 3.05) is 7.11 Å². The summed E-state index contributed by atoms with van der Waals surface area (Å²) in [5.74, 6) is 0.927. The number of amides is 1. The number of aliphatic hydroxyl groups is 1. The van der Waals surface area contributed by atoms with Crippen LogP contribution in [-0.2, 0) is 11.3 Å². The van der Waals surface area contributed by atoms with Gasteiger partial charge in [-0.25, -0.2) is 0 Å². The summed E-state index contributed by atoms with van der Waals surface area (Å²) >= 11 is 0. The standard InChI is InChI=1S/C18H25NO3/c1-22-16-8-4-14(5-9-16)13-19(15-6-7-15)17(20)12-18(21)10-2-3-11-18/h4-5,8-9,15,21H,2-3,6-7,10-13H2,1H3. The van der Waals surface area contributed by atoms with Crippen LogP contribution < -0.4 is 4.74 Å². The lowest BCUT2D eigenvalue weighted by molar-refractivity contribution is -0.137. The Morgan fingerprint density at radius 1 is 1.27 bits per heavy atom. The molecule has 2 aliphatic carbocycles. The lowest BCUT2D eigenvalue weighted by Crippen LogP contribution is -2.38. The van der Waals surface area contributed by atoms with Crippen LogP contribution in [0.25, 0.3) is 0 Å². The number of benzene rings is 1. The van der Waals surface area contributed by atoms with E-state index >= 15 is 0 Å². The molecule has 0 bridgehead atoms. The second kappa shape index (κ2) is 6.29. The van der Waals surface area contributed by atoms with Gasteiger partial charge in [0.2, 0.25) is 5.91 Å². The lowest BCUT2D eigenvalue weighted by Gasteiger charge is -2.28. The Kier molecular flexibility index (Phi) is 4.39. The SMILES string of the molecule is COc1ccc(CN(C(=O)CC2(O)CCCC2)C2CC2)cc1. The van der Waals surface area contributed by atoms with Crippen molar-refractivity contribution in [1.29, 1.82) is 0 Å². The first kappa shape index (κ1) is 15.3. The first-order chi connectivity index (χ1) is 10.6. The van der Waals surface area contributed by atoms with Crippen molar-refractivity contribution >= 4 is 5.91 Å². The van der Waals surface area contributed by atoms with E-state index in [4.69, 9.17) is 4.74 Å². The summed E-state index contributed by atoms with van der Waals surface area (Å²) in [6.45, 7) is 0.629. The van der Waals surface area contributed by atoms with Gasteiger partial charge in [0.05, 0.1) is 19.1 Å². The van der Waals surface area contributed by atoms with Crippen LogP contribution in [0.1, 0.15) is 50.5 Å². The molecule has 0 atom stereocenters. The largest absolute Gasteiger partial charge is 0.497 e. The summed E-state index contributed by atoms with van der Waals surface area (Å²) in [6.07, 6.45) is 6.04. The smallest absolute Gasteiger partial charge is 0.226 e. The van der Waals surface area contributed by atoms with E-state index < -0.39 is 5.60 Å². The van der Waals surface area contributed by atoms with Crippen LogP contribution in [0.3, 0.4) is 0 Å². The second-order valence-corrected chi connectivity index (χ2v) is 6.71. The quantitative estimate of drug-likeness (QED) is 0.879. The molecule has 0 aromatic heterocycles. The van der Waals surface area contributed by atoms with Crippen LogP contribution >= 0.6 is 0 Å². The first-order valence-corrected chi connectivity index (χ1v) is 8.24. The number of carbonyl (C=O) groups excluding carboxylic acids is 1. The van der Waals surface area contributed by atoms with Gasteiger partial charge in [0.15, 0.2) is 0 Å². The van der Waals surface area contributed by atoms with Crippen molar-refractivity contribution in [3.63, 3.8) is 0 Å². The molecule has 0 unspecified atom stereocenters. The molecule has 2 saturated carbocycles. The van der Waals surface area contributed by atoms with Gasteiger partial charge in [0, 0.05) is 12.6 Å². The molecule has 0 heterocycles. The molecule has 1 aromatic carbocycles. The van der Waals surface area contributed by atoms with Crippen molar-refractivity contribution in [2.24, 2.45) is 0 Å². The Morgan fingerprint density at radius 2 is 1.91 bits per heavy atom. The Bertz CT molecular complexity index is 516. The van der Waals surface area contributed by atoms with Crippen LogP contribution in [0, 0.1) is 0 Å². The van der Waals surface area contributed by atoms with Crippen LogP contribution in [-0.4, -0.2) is 34.7 Å². The number of carbonyl (C=O) groups is 1. The van der Waals surface area contributed by atoms with E-state index in [1.807, 2.05) is 29.2 Å². The van der Waals surface area contributed by atoms with Gasteiger partial charge in [-0.15, -0.1) is 0 Å². The van der Waals surface area contributed by atoms with E-state index in [0.717, 1.165) is 49.8 Å². The maximum absolute atomic E-state index is 12.7. The summed E-state index contributed by atoms with van der Waals surface area (Å²) in [4.78, 5) is 14.6. The molecule has 0 saturated heterocycles. The van der Waals surface area contributed by atoms with Crippen molar-refractivity contribution in [3.8, 4) is 5.75 Å². The van der Waals surface area contributed by atoms with E-state index in [-0.39, 0.29) is 12.3 Å². The Morgan fingerprint density at radius 3 is 2.45 bits per heavy atom.